The maximum Gasteiger partial charge on any atom is 0.266 e. The minimum Gasteiger partial charge on any atom is -0.456 e. The van der Waals surface area contributed by atoms with Crippen molar-refractivity contribution >= 4 is 44.3 Å². The number of hydrogen-bond donors (Lipinski definition) is 4. The number of para-hydroxylation sites is 1. The van der Waals surface area contributed by atoms with Crippen molar-refractivity contribution in [2.24, 2.45) is 0 Å². The molecule has 4 aromatic carbocycles. The highest BCUT2D eigenvalue weighted by molar-refractivity contribution is 7.85. The molecule has 2 amide bonds. The first-order valence-electron chi connectivity index (χ1n) is 13.3. The van der Waals surface area contributed by atoms with Crippen molar-refractivity contribution in [1.29, 1.82) is 0 Å². The van der Waals surface area contributed by atoms with Crippen molar-refractivity contribution in [2.75, 3.05) is 22.9 Å². The number of hydrogen-bond acceptors (Lipinski definition) is 6. The van der Waals surface area contributed by atoms with Gasteiger partial charge < -0.3 is 20.4 Å². The molecule has 4 N–H and O–H groups in total. The van der Waals surface area contributed by atoms with Gasteiger partial charge in [0.05, 0.1) is 5.75 Å². The summed E-state index contributed by atoms with van der Waals surface area (Å²) in [5.41, 5.74) is 4.25. The molecule has 10 heteroatoms. The Morgan fingerprint density at radius 1 is 0.810 bits per heavy atom. The second kappa shape index (κ2) is 12.7. The van der Waals surface area contributed by atoms with Gasteiger partial charge in [-0.05, 0) is 66.2 Å². The molecule has 214 valence electrons. The van der Waals surface area contributed by atoms with Gasteiger partial charge in [-0.1, -0.05) is 48.5 Å². The Bertz CT molecular complexity index is 1750. The van der Waals surface area contributed by atoms with E-state index in [9.17, 15) is 18.0 Å². The number of nitrogens with one attached hydrogen (secondary N) is 3. The van der Waals surface area contributed by atoms with Crippen molar-refractivity contribution < 1.29 is 27.0 Å². The van der Waals surface area contributed by atoms with E-state index in [4.69, 9.17) is 8.97 Å². The van der Waals surface area contributed by atoms with E-state index in [2.05, 4.69) is 16.0 Å². The van der Waals surface area contributed by atoms with E-state index >= 15 is 0 Å². The van der Waals surface area contributed by atoms with E-state index in [-0.39, 0.29) is 12.5 Å². The molecule has 0 radical (unpaired) electrons. The summed E-state index contributed by atoms with van der Waals surface area (Å²) in [5, 5.41) is 9.71. The molecule has 42 heavy (non-hydrogen) atoms. The van der Waals surface area contributed by atoms with Crippen LogP contribution in [0.4, 0.5) is 11.4 Å². The molecule has 9 nitrogen and oxygen atoms in total. The molecule has 0 bridgehead atoms. The first-order chi connectivity index (χ1) is 20.2. The van der Waals surface area contributed by atoms with Crippen molar-refractivity contribution in [1.82, 2.24) is 5.32 Å². The fourth-order valence-electron chi connectivity index (χ4n) is 4.45. The van der Waals surface area contributed by atoms with Gasteiger partial charge in [0.1, 0.15) is 17.4 Å². The Hall–Kier alpha value is -4.93. The molecule has 1 unspecified atom stereocenters. The van der Waals surface area contributed by atoms with Gasteiger partial charge in [-0.15, -0.1) is 0 Å². The Labute approximate surface area is 243 Å². The van der Waals surface area contributed by atoms with Gasteiger partial charge >= 0.3 is 0 Å². The Balaban J connectivity index is 1.26. The molecule has 1 heterocycles. The van der Waals surface area contributed by atoms with Crippen LogP contribution in [0.5, 0.6) is 0 Å². The molecule has 0 aliphatic rings. The second-order valence-electron chi connectivity index (χ2n) is 9.72. The van der Waals surface area contributed by atoms with Crippen LogP contribution < -0.4 is 16.0 Å². The molecule has 0 saturated carbocycles. The number of carbonyl (C=O) groups excluding carboxylic acids is 2. The van der Waals surface area contributed by atoms with Gasteiger partial charge in [-0.25, -0.2) is 0 Å². The average Bonchev–Trinajstić information content (AvgIpc) is 3.42. The summed E-state index contributed by atoms with van der Waals surface area (Å²) in [6.07, 6.45) is 0.418. The molecular weight excluding hydrogens is 554 g/mol. The maximum atomic E-state index is 13.4. The molecule has 0 aliphatic carbocycles. The molecule has 5 rings (SSSR count). The van der Waals surface area contributed by atoms with Crippen molar-refractivity contribution in [2.45, 2.75) is 12.5 Å². The van der Waals surface area contributed by atoms with E-state index in [1.165, 1.54) is 0 Å². The highest BCUT2D eigenvalue weighted by Gasteiger charge is 2.20. The highest BCUT2D eigenvalue weighted by Crippen LogP contribution is 2.28. The first kappa shape index (κ1) is 28.6. The van der Waals surface area contributed by atoms with Crippen LogP contribution in [0, 0.1) is 0 Å². The lowest BCUT2D eigenvalue weighted by molar-refractivity contribution is -0.116. The quantitative estimate of drug-likeness (QED) is 0.153. The van der Waals surface area contributed by atoms with Gasteiger partial charge in [0.25, 0.3) is 16.0 Å². The number of furan rings is 1. The predicted octanol–water partition coefficient (Wildman–Crippen LogP) is 5.38. The smallest absolute Gasteiger partial charge is 0.266 e. The molecule has 5 aromatic rings. The van der Waals surface area contributed by atoms with E-state index < -0.39 is 27.8 Å². The molecular formula is C32H29N3O6S. The summed E-state index contributed by atoms with van der Waals surface area (Å²) in [7, 11) is -4.17. The van der Waals surface area contributed by atoms with Crippen LogP contribution in [-0.4, -0.2) is 43.1 Å². The Morgan fingerprint density at radius 3 is 2.17 bits per heavy atom. The van der Waals surface area contributed by atoms with Crippen LogP contribution >= 0.6 is 0 Å². The number of anilines is 2. The summed E-state index contributed by atoms with van der Waals surface area (Å²) < 4.78 is 36.5. The minimum absolute atomic E-state index is 0.212. The lowest BCUT2D eigenvalue weighted by Crippen LogP contribution is -2.36. The SMILES string of the molecule is O=C(NCCS(=O)(=O)O)c1ccc(NC(Cc2ccccc2)C(=O)Nc2ccc(-c3cc4ccccc4o3)cc2)cc1. The van der Waals surface area contributed by atoms with Crippen LogP contribution in [0.3, 0.4) is 0 Å². The highest BCUT2D eigenvalue weighted by atomic mass is 32.2. The van der Waals surface area contributed by atoms with Crippen molar-refractivity contribution in [3.05, 3.63) is 120 Å². The third kappa shape index (κ3) is 7.62. The third-order valence-corrected chi connectivity index (χ3v) is 7.32. The van der Waals surface area contributed by atoms with E-state index in [1.54, 1.807) is 24.3 Å². The normalized spacial score (nSPS) is 12.0. The molecule has 0 saturated heterocycles. The Kier molecular flexibility index (Phi) is 8.66. The standard InChI is InChI=1S/C32H29N3O6S/c36-31(33-18-19-42(38,39)40)24-12-16-26(17-13-24)34-28(20-22-6-2-1-3-7-22)32(37)35-27-14-10-23(11-15-27)30-21-25-8-4-5-9-29(25)41-30/h1-17,21,28,34H,18-20H2,(H,33,36)(H,35,37)(H,38,39,40). The zero-order chi connectivity index (χ0) is 29.5. The summed E-state index contributed by atoms with van der Waals surface area (Å²) in [6.45, 7) is -0.212. The van der Waals surface area contributed by atoms with Crippen LogP contribution in [0.25, 0.3) is 22.3 Å². The second-order valence-corrected chi connectivity index (χ2v) is 11.3. The molecule has 1 atom stereocenters. The molecule has 0 spiro atoms. The first-order valence-corrected chi connectivity index (χ1v) is 14.9. The van der Waals surface area contributed by atoms with Crippen molar-refractivity contribution in [3.8, 4) is 11.3 Å². The molecule has 0 aliphatic heterocycles. The summed E-state index contributed by atoms with van der Waals surface area (Å²) >= 11 is 0. The van der Waals surface area contributed by atoms with Crippen LogP contribution in [0.15, 0.2) is 114 Å². The van der Waals surface area contributed by atoms with Gasteiger partial charge in [0.2, 0.25) is 5.91 Å². The number of amides is 2. The monoisotopic (exact) mass is 583 g/mol. The number of benzene rings is 4. The Morgan fingerprint density at radius 2 is 1.48 bits per heavy atom. The van der Waals surface area contributed by atoms with E-state index in [1.807, 2.05) is 84.9 Å². The van der Waals surface area contributed by atoms with Gasteiger partial charge in [-0.2, -0.15) is 8.42 Å². The zero-order valence-corrected chi connectivity index (χ0v) is 23.3. The molecule has 0 fully saturated rings. The molecule has 1 aromatic heterocycles. The van der Waals surface area contributed by atoms with Gasteiger partial charge in [0, 0.05) is 40.9 Å². The van der Waals surface area contributed by atoms with Crippen molar-refractivity contribution in [3.63, 3.8) is 0 Å². The lowest BCUT2D eigenvalue weighted by atomic mass is 10.0. The van der Waals surface area contributed by atoms with Crippen LogP contribution in [0.1, 0.15) is 15.9 Å². The maximum absolute atomic E-state index is 13.4. The number of carbonyl (C=O) groups is 2. The third-order valence-electron chi connectivity index (χ3n) is 6.60. The predicted molar refractivity (Wildman–Crippen MR) is 163 cm³/mol. The van der Waals surface area contributed by atoms with Gasteiger partial charge in [-0.3, -0.25) is 14.1 Å². The number of fused-ring (bicyclic) bond motifs is 1. The zero-order valence-electron chi connectivity index (χ0n) is 22.5. The summed E-state index contributed by atoms with van der Waals surface area (Å²) in [6, 6.07) is 32.7. The fourth-order valence-corrected chi connectivity index (χ4v) is 4.81. The van der Waals surface area contributed by atoms with Crippen LogP contribution in [0.2, 0.25) is 0 Å². The van der Waals surface area contributed by atoms with E-state index in [0.29, 0.717) is 23.4 Å². The summed E-state index contributed by atoms with van der Waals surface area (Å²) in [5.74, 6) is -0.539. The lowest BCUT2D eigenvalue weighted by Gasteiger charge is -2.20. The van der Waals surface area contributed by atoms with E-state index in [0.717, 1.165) is 27.9 Å². The number of rotatable bonds is 11. The fraction of sp³-hybridized carbons (Fsp3) is 0.125. The summed E-state index contributed by atoms with van der Waals surface area (Å²) in [4.78, 5) is 25.7. The largest absolute Gasteiger partial charge is 0.456 e. The minimum atomic E-state index is -4.17. The van der Waals surface area contributed by atoms with Gasteiger partial charge in [0.15, 0.2) is 0 Å². The average molecular weight is 584 g/mol. The van der Waals surface area contributed by atoms with Crippen LogP contribution in [-0.2, 0) is 21.3 Å². The topological polar surface area (TPSA) is 138 Å².